The number of halogens is 3. The van der Waals surface area contributed by atoms with Crippen molar-refractivity contribution < 1.29 is 37.3 Å². The van der Waals surface area contributed by atoms with Crippen molar-refractivity contribution in [1.82, 2.24) is 9.88 Å². The summed E-state index contributed by atoms with van der Waals surface area (Å²) in [6.07, 6.45) is 7.41. The summed E-state index contributed by atoms with van der Waals surface area (Å²) in [5.41, 5.74) is 0. The first kappa shape index (κ1) is 23.1. The number of carboxylic acid groups (broad SMARTS) is 1. The number of aromatic nitrogens is 1. The third kappa shape index (κ3) is 6.19. The second-order valence-corrected chi connectivity index (χ2v) is 7.71. The van der Waals surface area contributed by atoms with E-state index in [-0.39, 0.29) is 24.2 Å². The smallest absolute Gasteiger partial charge is 0.484 e. The monoisotopic (exact) mass is 442 g/mol. The highest BCUT2D eigenvalue weighted by atomic mass is 19.4. The average molecular weight is 442 g/mol. The van der Waals surface area contributed by atoms with Gasteiger partial charge in [-0.3, -0.25) is 9.78 Å². The fraction of sp³-hybridized carbons (Fsp3) is 0.571. The van der Waals surface area contributed by atoms with Gasteiger partial charge in [0.15, 0.2) is 0 Å². The molecule has 7 nitrogen and oxygen atoms in total. The van der Waals surface area contributed by atoms with Gasteiger partial charge in [-0.15, -0.1) is 0 Å². The Morgan fingerprint density at radius 3 is 2.71 bits per heavy atom. The fourth-order valence-electron chi connectivity index (χ4n) is 4.10. The second kappa shape index (κ2) is 10.1. The number of rotatable bonds is 4. The van der Waals surface area contributed by atoms with Crippen LogP contribution in [0.1, 0.15) is 32.1 Å². The first-order valence-electron chi connectivity index (χ1n) is 10.2. The van der Waals surface area contributed by atoms with Crippen LogP contribution < -0.4 is 4.74 Å². The van der Waals surface area contributed by atoms with Crippen LogP contribution in [-0.2, 0) is 14.3 Å². The SMILES string of the molecule is O=C(CC1C=CCC1)N1C[C@@H](Oc2cccnc2)[C@H]2OCCC[C@H]21.O=C(O)C(F)(F)F. The molecule has 31 heavy (non-hydrogen) atoms. The number of nitrogens with zero attached hydrogens (tertiary/aromatic N) is 2. The van der Waals surface area contributed by atoms with E-state index in [1.807, 2.05) is 17.0 Å². The molecule has 0 aromatic carbocycles. The van der Waals surface area contributed by atoms with E-state index < -0.39 is 12.1 Å². The summed E-state index contributed by atoms with van der Waals surface area (Å²) in [4.78, 5) is 27.8. The van der Waals surface area contributed by atoms with Gasteiger partial charge in [0, 0.05) is 19.2 Å². The molecule has 2 aliphatic heterocycles. The quantitative estimate of drug-likeness (QED) is 0.721. The molecule has 0 spiro atoms. The van der Waals surface area contributed by atoms with Gasteiger partial charge in [-0.05, 0) is 43.7 Å². The molecule has 0 radical (unpaired) electrons. The standard InChI is InChI=1S/C19H24N2O3.C2HF3O2/c22-18(11-14-5-1-2-6-14)21-13-17(19-16(21)8-4-10-23-19)24-15-7-3-9-20-12-15;3-2(4,5)1(6)7/h1,3,5,7,9,12,14,16-17,19H,2,4,6,8,10-11,13H2;(H,6,7)/t14?,16-,17-,19+;/m1./s1. The number of carbonyl (C=O) groups excluding carboxylic acids is 1. The van der Waals surface area contributed by atoms with Crippen LogP contribution in [-0.4, -0.2) is 64.4 Å². The van der Waals surface area contributed by atoms with Crippen LogP contribution in [0.5, 0.6) is 5.75 Å². The Morgan fingerprint density at radius 1 is 1.32 bits per heavy atom. The molecule has 1 aromatic heterocycles. The van der Waals surface area contributed by atoms with Crippen molar-refractivity contribution >= 4 is 11.9 Å². The van der Waals surface area contributed by atoms with Crippen LogP contribution in [0.15, 0.2) is 36.7 Å². The van der Waals surface area contributed by atoms with Gasteiger partial charge in [-0.2, -0.15) is 13.2 Å². The number of carboxylic acids is 1. The highest BCUT2D eigenvalue weighted by molar-refractivity contribution is 5.77. The maximum Gasteiger partial charge on any atom is 0.490 e. The molecule has 1 aromatic rings. The number of allylic oxidation sites excluding steroid dienone is 2. The van der Waals surface area contributed by atoms with Crippen LogP contribution >= 0.6 is 0 Å². The molecule has 1 amide bonds. The largest absolute Gasteiger partial charge is 0.490 e. The predicted molar refractivity (Wildman–Crippen MR) is 103 cm³/mol. The first-order valence-corrected chi connectivity index (χ1v) is 10.2. The van der Waals surface area contributed by atoms with Gasteiger partial charge in [0.1, 0.15) is 18.0 Å². The molecule has 1 unspecified atom stereocenters. The van der Waals surface area contributed by atoms with Gasteiger partial charge >= 0.3 is 12.1 Å². The van der Waals surface area contributed by atoms with E-state index in [1.165, 1.54) is 0 Å². The molecule has 1 aliphatic carbocycles. The molecule has 2 saturated heterocycles. The van der Waals surface area contributed by atoms with Gasteiger partial charge in [0.2, 0.25) is 5.91 Å². The van der Waals surface area contributed by atoms with Crippen molar-refractivity contribution in [3.05, 3.63) is 36.7 Å². The van der Waals surface area contributed by atoms with Crippen molar-refractivity contribution in [3.63, 3.8) is 0 Å². The number of ether oxygens (including phenoxy) is 2. The van der Waals surface area contributed by atoms with Crippen LogP contribution in [0.2, 0.25) is 0 Å². The minimum Gasteiger partial charge on any atom is -0.484 e. The number of pyridine rings is 1. The summed E-state index contributed by atoms with van der Waals surface area (Å²) in [6, 6.07) is 3.91. The lowest BCUT2D eigenvalue weighted by Crippen LogP contribution is -2.44. The second-order valence-electron chi connectivity index (χ2n) is 7.71. The molecule has 0 bridgehead atoms. The van der Waals surface area contributed by atoms with Crippen LogP contribution in [0.3, 0.4) is 0 Å². The summed E-state index contributed by atoms with van der Waals surface area (Å²) in [7, 11) is 0. The number of amides is 1. The van der Waals surface area contributed by atoms with Gasteiger partial charge in [-0.25, -0.2) is 4.79 Å². The number of fused-ring (bicyclic) bond motifs is 1. The average Bonchev–Trinajstić information content (AvgIpc) is 3.37. The zero-order chi connectivity index (χ0) is 22.4. The van der Waals surface area contributed by atoms with Crippen molar-refractivity contribution in [3.8, 4) is 5.75 Å². The molecular weight excluding hydrogens is 417 g/mol. The Balaban J connectivity index is 0.000000339. The van der Waals surface area contributed by atoms with E-state index in [4.69, 9.17) is 19.4 Å². The lowest BCUT2D eigenvalue weighted by molar-refractivity contribution is -0.192. The third-order valence-electron chi connectivity index (χ3n) is 5.51. The molecule has 4 atom stereocenters. The Labute approximate surface area is 177 Å². The number of likely N-dealkylation sites (tertiary alicyclic amines) is 1. The Kier molecular flexibility index (Phi) is 7.53. The summed E-state index contributed by atoms with van der Waals surface area (Å²) in [6.45, 7) is 1.36. The summed E-state index contributed by atoms with van der Waals surface area (Å²) in [5, 5.41) is 7.12. The molecule has 2 fully saturated rings. The summed E-state index contributed by atoms with van der Waals surface area (Å²) >= 11 is 0. The first-order chi connectivity index (χ1) is 14.8. The maximum atomic E-state index is 12.8. The van der Waals surface area contributed by atoms with Gasteiger partial charge in [0.05, 0.1) is 18.8 Å². The fourth-order valence-corrected chi connectivity index (χ4v) is 4.10. The van der Waals surface area contributed by atoms with Gasteiger partial charge in [0.25, 0.3) is 0 Å². The van der Waals surface area contributed by atoms with Gasteiger partial charge in [-0.1, -0.05) is 12.2 Å². The van der Waals surface area contributed by atoms with E-state index in [9.17, 15) is 18.0 Å². The highest BCUT2D eigenvalue weighted by Gasteiger charge is 2.47. The lowest BCUT2D eigenvalue weighted by Gasteiger charge is -2.32. The lowest BCUT2D eigenvalue weighted by atomic mass is 10.0. The van der Waals surface area contributed by atoms with E-state index in [2.05, 4.69) is 17.1 Å². The van der Waals surface area contributed by atoms with Crippen molar-refractivity contribution in [1.29, 1.82) is 0 Å². The Hall–Kier alpha value is -2.62. The number of alkyl halides is 3. The molecule has 0 saturated carbocycles. The van der Waals surface area contributed by atoms with E-state index in [0.717, 1.165) is 38.0 Å². The highest BCUT2D eigenvalue weighted by Crippen LogP contribution is 2.33. The molecule has 3 heterocycles. The van der Waals surface area contributed by atoms with Crippen LogP contribution in [0, 0.1) is 5.92 Å². The zero-order valence-corrected chi connectivity index (χ0v) is 16.8. The van der Waals surface area contributed by atoms with Crippen molar-refractivity contribution in [2.45, 2.75) is 56.5 Å². The topological polar surface area (TPSA) is 89.0 Å². The van der Waals surface area contributed by atoms with Crippen molar-refractivity contribution in [2.24, 2.45) is 5.92 Å². The zero-order valence-electron chi connectivity index (χ0n) is 16.8. The van der Waals surface area contributed by atoms with Crippen molar-refractivity contribution in [2.75, 3.05) is 13.2 Å². The minimum absolute atomic E-state index is 0.0259. The molecular formula is C21H25F3N2O5. The number of aliphatic carboxylic acids is 1. The molecule has 1 N–H and O–H groups in total. The normalized spacial score (nSPS) is 27.3. The molecule has 10 heteroatoms. The van der Waals surface area contributed by atoms with Gasteiger partial charge < -0.3 is 19.5 Å². The van der Waals surface area contributed by atoms with E-state index in [0.29, 0.717) is 18.9 Å². The third-order valence-corrected chi connectivity index (χ3v) is 5.51. The molecule has 170 valence electrons. The van der Waals surface area contributed by atoms with E-state index >= 15 is 0 Å². The van der Waals surface area contributed by atoms with E-state index in [1.54, 1.807) is 12.4 Å². The number of carbonyl (C=O) groups is 2. The summed E-state index contributed by atoms with van der Waals surface area (Å²) in [5.74, 6) is -1.38. The predicted octanol–water partition coefficient (Wildman–Crippen LogP) is 3.21. The minimum atomic E-state index is -5.08. The Bertz CT molecular complexity index is 787. The summed E-state index contributed by atoms with van der Waals surface area (Å²) < 4.78 is 43.8. The van der Waals surface area contributed by atoms with Crippen LogP contribution in [0.25, 0.3) is 0 Å². The molecule has 4 rings (SSSR count). The number of hydrogen-bond acceptors (Lipinski definition) is 5. The van der Waals surface area contributed by atoms with Crippen LogP contribution in [0.4, 0.5) is 13.2 Å². The maximum absolute atomic E-state index is 12.8. The molecule has 3 aliphatic rings. The number of hydrogen-bond donors (Lipinski definition) is 1. The Morgan fingerprint density at radius 2 is 2.10 bits per heavy atom.